The molecule has 1 aromatic carbocycles. The SMILES string of the molecule is CC(C)c1cc(O[Si](C)(C)C)nc2ccccc12. The molecule has 0 radical (unpaired) electrons. The Morgan fingerprint density at radius 3 is 2.39 bits per heavy atom. The Balaban J connectivity index is 2.57. The molecule has 0 saturated carbocycles. The quantitative estimate of drug-likeness (QED) is 0.753. The van der Waals surface area contributed by atoms with Gasteiger partial charge in [0.2, 0.25) is 8.32 Å². The number of fused-ring (bicyclic) bond motifs is 1. The number of hydrogen-bond acceptors (Lipinski definition) is 2. The highest BCUT2D eigenvalue weighted by atomic mass is 28.4. The first-order valence-electron chi connectivity index (χ1n) is 6.45. The van der Waals surface area contributed by atoms with Gasteiger partial charge < -0.3 is 4.43 Å². The monoisotopic (exact) mass is 259 g/mol. The summed E-state index contributed by atoms with van der Waals surface area (Å²) in [6.45, 7) is 11.0. The molecule has 0 aliphatic heterocycles. The first-order chi connectivity index (χ1) is 8.37. The first kappa shape index (κ1) is 13.1. The smallest absolute Gasteiger partial charge is 0.244 e. The van der Waals surface area contributed by atoms with E-state index in [9.17, 15) is 0 Å². The van der Waals surface area contributed by atoms with Gasteiger partial charge in [-0.2, -0.15) is 0 Å². The van der Waals surface area contributed by atoms with Crippen molar-refractivity contribution in [3.8, 4) is 5.88 Å². The van der Waals surface area contributed by atoms with Gasteiger partial charge in [-0.25, -0.2) is 4.98 Å². The molecule has 1 aromatic heterocycles. The van der Waals surface area contributed by atoms with E-state index in [-0.39, 0.29) is 0 Å². The molecule has 0 atom stereocenters. The van der Waals surface area contributed by atoms with E-state index in [2.05, 4.69) is 62.7 Å². The van der Waals surface area contributed by atoms with Gasteiger partial charge in [0.25, 0.3) is 0 Å². The van der Waals surface area contributed by atoms with Crippen molar-refractivity contribution in [2.24, 2.45) is 0 Å². The maximum absolute atomic E-state index is 6.03. The van der Waals surface area contributed by atoms with Gasteiger partial charge in [-0.15, -0.1) is 0 Å². The molecule has 2 aromatic rings. The van der Waals surface area contributed by atoms with Crippen molar-refractivity contribution < 1.29 is 4.43 Å². The Labute approximate surface area is 110 Å². The second kappa shape index (κ2) is 4.73. The number of hydrogen-bond donors (Lipinski definition) is 0. The first-order valence-corrected chi connectivity index (χ1v) is 9.86. The normalized spacial score (nSPS) is 12.1. The number of benzene rings is 1. The maximum atomic E-state index is 6.03. The Morgan fingerprint density at radius 2 is 1.78 bits per heavy atom. The van der Waals surface area contributed by atoms with E-state index < -0.39 is 8.32 Å². The van der Waals surface area contributed by atoms with Gasteiger partial charge in [0.05, 0.1) is 5.52 Å². The summed E-state index contributed by atoms with van der Waals surface area (Å²) in [7, 11) is -1.61. The van der Waals surface area contributed by atoms with Crippen LogP contribution in [0.3, 0.4) is 0 Å². The van der Waals surface area contributed by atoms with Crippen molar-refractivity contribution in [1.29, 1.82) is 0 Å². The van der Waals surface area contributed by atoms with Crippen LogP contribution in [0.1, 0.15) is 25.3 Å². The van der Waals surface area contributed by atoms with E-state index in [1.54, 1.807) is 0 Å². The molecule has 0 fully saturated rings. The predicted octanol–water partition coefficient (Wildman–Crippen LogP) is 4.57. The van der Waals surface area contributed by atoms with E-state index in [4.69, 9.17) is 4.43 Å². The largest absolute Gasteiger partial charge is 0.531 e. The Morgan fingerprint density at radius 1 is 1.11 bits per heavy atom. The van der Waals surface area contributed by atoms with Crippen molar-refractivity contribution in [2.75, 3.05) is 0 Å². The molecule has 2 rings (SSSR count). The van der Waals surface area contributed by atoms with Crippen LogP contribution in [0.15, 0.2) is 30.3 Å². The lowest BCUT2D eigenvalue weighted by molar-refractivity contribution is 0.535. The van der Waals surface area contributed by atoms with Crippen LogP contribution < -0.4 is 4.43 Å². The summed E-state index contributed by atoms with van der Waals surface area (Å²) >= 11 is 0. The second-order valence-corrected chi connectivity index (χ2v) is 10.4. The highest BCUT2D eigenvalue weighted by molar-refractivity contribution is 6.70. The van der Waals surface area contributed by atoms with Crippen LogP contribution >= 0.6 is 0 Å². The molecule has 0 spiro atoms. The van der Waals surface area contributed by atoms with Gasteiger partial charge in [0.15, 0.2) is 5.88 Å². The molecule has 0 aliphatic rings. The van der Waals surface area contributed by atoms with Crippen molar-refractivity contribution in [1.82, 2.24) is 4.98 Å². The van der Waals surface area contributed by atoms with Crippen molar-refractivity contribution in [2.45, 2.75) is 39.4 Å². The van der Waals surface area contributed by atoms with Crippen LogP contribution in [-0.2, 0) is 0 Å². The van der Waals surface area contributed by atoms with E-state index >= 15 is 0 Å². The Hall–Kier alpha value is -1.35. The molecule has 0 N–H and O–H groups in total. The molecule has 3 heteroatoms. The number of para-hydroxylation sites is 1. The summed E-state index contributed by atoms with van der Waals surface area (Å²) in [4.78, 5) is 4.62. The average molecular weight is 259 g/mol. The van der Waals surface area contributed by atoms with Crippen LogP contribution in [-0.4, -0.2) is 13.3 Å². The molecule has 18 heavy (non-hydrogen) atoms. The topological polar surface area (TPSA) is 22.1 Å². The molecule has 1 heterocycles. The van der Waals surface area contributed by atoms with Gasteiger partial charge in [-0.3, -0.25) is 0 Å². The number of rotatable bonds is 3. The molecular formula is C15H21NOSi. The predicted molar refractivity (Wildman–Crippen MR) is 79.8 cm³/mol. The van der Waals surface area contributed by atoms with Gasteiger partial charge in [0, 0.05) is 11.5 Å². The summed E-state index contributed by atoms with van der Waals surface area (Å²) in [5.41, 5.74) is 2.34. The van der Waals surface area contributed by atoms with E-state index in [0.29, 0.717) is 5.92 Å². The molecule has 0 bridgehead atoms. The second-order valence-electron chi connectivity index (χ2n) is 5.94. The summed E-state index contributed by atoms with van der Waals surface area (Å²) in [5, 5.41) is 1.23. The zero-order valence-electron chi connectivity index (χ0n) is 11.8. The number of pyridine rings is 1. The lowest BCUT2D eigenvalue weighted by Gasteiger charge is -2.20. The summed E-state index contributed by atoms with van der Waals surface area (Å²) in [6.07, 6.45) is 0. The van der Waals surface area contributed by atoms with Crippen LogP contribution in [0.4, 0.5) is 0 Å². The summed E-state index contributed by atoms with van der Waals surface area (Å²) < 4.78 is 6.03. The molecule has 0 saturated heterocycles. The zero-order chi connectivity index (χ0) is 13.3. The van der Waals surface area contributed by atoms with Gasteiger partial charge in [0.1, 0.15) is 0 Å². The van der Waals surface area contributed by atoms with E-state index in [1.807, 2.05) is 6.07 Å². The van der Waals surface area contributed by atoms with E-state index in [1.165, 1.54) is 10.9 Å². The fraction of sp³-hybridized carbons (Fsp3) is 0.400. The molecule has 0 aliphatic carbocycles. The van der Waals surface area contributed by atoms with Gasteiger partial charge in [-0.1, -0.05) is 32.0 Å². The van der Waals surface area contributed by atoms with Gasteiger partial charge >= 0.3 is 0 Å². The van der Waals surface area contributed by atoms with Crippen molar-refractivity contribution in [3.05, 3.63) is 35.9 Å². The standard InChI is InChI=1S/C15H21NOSi/c1-11(2)13-10-15(17-18(3,4)5)16-14-9-7-6-8-12(13)14/h6-11H,1-5H3. The van der Waals surface area contributed by atoms with Crippen molar-refractivity contribution >= 4 is 19.2 Å². The molecule has 0 amide bonds. The number of nitrogens with zero attached hydrogens (tertiary/aromatic N) is 1. The molecule has 0 unspecified atom stereocenters. The molecular weight excluding hydrogens is 238 g/mol. The number of aromatic nitrogens is 1. The summed E-state index contributed by atoms with van der Waals surface area (Å²) in [6, 6.07) is 10.4. The lowest BCUT2D eigenvalue weighted by atomic mass is 9.99. The third-order valence-electron chi connectivity index (χ3n) is 2.76. The van der Waals surface area contributed by atoms with Crippen molar-refractivity contribution in [3.63, 3.8) is 0 Å². The van der Waals surface area contributed by atoms with Crippen LogP contribution in [0.5, 0.6) is 5.88 Å². The highest BCUT2D eigenvalue weighted by Crippen LogP contribution is 2.28. The average Bonchev–Trinajstić information content (AvgIpc) is 2.25. The minimum atomic E-state index is -1.61. The third kappa shape index (κ3) is 2.90. The molecule has 2 nitrogen and oxygen atoms in total. The lowest BCUT2D eigenvalue weighted by Crippen LogP contribution is -2.29. The fourth-order valence-electron chi connectivity index (χ4n) is 2.02. The Kier molecular flexibility index (Phi) is 3.44. The zero-order valence-corrected chi connectivity index (χ0v) is 12.8. The Bertz CT molecular complexity index is 558. The minimum Gasteiger partial charge on any atom is -0.531 e. The van der Waals surface area contributed by atoms with Crippen LogP contribution in [0.25, 0.3) is 10.9 Å². The van der Waals surface area contributed by atoms with Crippen LogP contribution in [0, 0.1) is 0 Å². The highest BCUT2D eigenvalue weighted by Gasteiger charge is 2.18. The summed E-state index contributed by atoms with van der Waals surface area (Å²) in [5.74, 6) is 1.25. The minimum absolute atomic E-state index is 0.474. The molecule has 96 valence electrons. The van der Waals surface area contributed by atoms with Crippen LogP contribution in [0.2, 0.25) is 19.6 Å². The fourth-order valence-corrected chi connectivity index (χ4v) is 2.75. The maximum Gasteiger partial charge on any atom is 0.244 e. The van der Waals surface area contributed by atoms with E-state index in [0.717, 1.165) is 11.4 Å². The third-order valence-corrected chi connectivity index (χ3v) is 3.58. The van der Waals surface area contributed by atoms with Gasteiger partial charge in [-0.05, 0) is 37.2 Å².